The van der Waals surface area contributed by atoms with E-state index in [-0.39, 0.29) is 0 Å². The first-order valence-corrected chi connectivity index (χ1v) is 8.11. The molecule has 0 unspecified atom stereocenters. The third kappa shape index (κ3) is 5.36. The van der Waals surface area contributed by atoms with Crippen LogP contribution in [0.15, 0.2) is 52.3 Å². The Morgan fingerprint density at radius 2 is 2.05 bits per heavy atom. The molecule has 0 saturated heterocycles. The molecule has 0 fully saturated rings. The minimum atomic E-state index is 0.709. The van der Waals surface area contributed by atoms with Crippen LogP contribution >= 0.6 is 23.4 Å². The van der Waals surface area contributed by atoms with Crippen molar-refractivity contribution in [1.82, 2.24) is 5.32 Å². The molecule has 0 aromatic heterocycles. The third-order valence-electron chi connectivity index (χ3n) is 3.04. The minimum Gasteiger partial charge on any atom is -0.383 e. The van der Waals surface area contributed by atoms with Gasteiger partial charge in [0.05, 0.1) is 6.61 Å². The molecule has 2 aromatic carbocycles. The molecule has 0 saturated carbocycles. The summed E-state index contributed by atoms with van der Waals surface area (Å²) < 4.78 is 5.05. The Balaban J connectivity index is 2.10. The van der Waals surface area contributed by atoms with Crippen LogP contribution < -0.4 is 5.32 Å². The van der Waals surface area contributed by atoms with Gasteiger partial charge in [0.15, 0.2) is 0 Å². The fourth-order valence-corrected chi connectivity index (χ4v) is 3.23. The quantitative estimate of drug-likeness (QED) is 0.757. The van der Waals surface area contributed by atoms with Crippen molar-refractivity contribution in [2.24, 2.45) is 0 Å². The molecular weight excluding hydrogens is 302 g/mol. The normalized spacial score (nSPS) is 10.8. The van der Waals surface area contributed by atoms with Gasteiger partial charge in [0, 0.05) is 35.0 Å². The van der Waals surface area contributed by atoms with Crippen molar-refractivity contribution in [3.05, 3.63) is 58.6 Å². The van der Waals surface area contributed by atoms with Crippen molar-refractivity contribution in [1.29, 1.82) is 0 Å². The third-order valence-corrected chi connectivity index (χ3v) is 4.38. The molecule has 21 heavy (non-hydrogen) atoms. The Morgan fingerprint density at radius 3 is 2.81 bits per heavy atom. The van der Waals surface area contributed by atoms with E-state index in [2.05, 4.69) is 42.6 Å². The first kappa shape index (κ1) is 16.4. The second kappa shape index (κ2) is 8.44. The highest BCUT2D eigenvalue weighted by molar-refractivity contribution is 7.99. The maximum atomic E-state index is 6.12. The van der Waals surface area contributed by atoms with Gasteiger partial charge in [-0.1, -0.05) is 41.1 Å². The Kier molecular flexibility index (Phi) is 6.58. The van der Waals surface area contributed by atoms with Crippen molar-refractivity contribution in [3.63, 3.8) is 0 Å². The molecule has 0 atom stereocenters. The Bertz CT molecular complexity index is 589. The second-order valence-electron chi connectivity index (χ2n) is 4.84. The number of nitrogens with one attached hydrogen (secondary N) is 1. The molecule has 0 heterocycles. The van der Waals surface area contributed by atoms with Gasteiger partial charge in [0.25, 0.3) is 0 Å². The maximum absolute atomic E-state index is 6.12. The van der Waals surface area contributed by atoms with Crippen LogP contribution in [0.1, 0.15) is 11.1 Å². The lowest BCUT2D eigenvalue weighted by molar-refractivity contribution is 0.199. The van der Waals surface area contributed by atoms with Crippen molar-refractivity contribution >= 4 is 23.4 Å². The van der Waals surface area contributed by atoms with E-state index < -0.39 is 0 Å². The van der Waals surface area contributed by atoms with Gasteiger partial charge in [-0.3, -0.25) is 0 Å². The second-order valence-corrected chi connectivity index (χ2v) is 6.39. The lowest BCUT2D eigenvalue weighted by atomic mass is 10.2. The number of rotatable bonds is 7. The summed E-state index contributed by atoms with van der Waals surface area (Å²) in [6.45, 7) is 4.44. The van der Waals surface area contributed by atoms with Gasteiger partial charge in [-0.15, -0.1) is 0 Å². The molecule has 2 nitrogen and oxygen atoms in total. The van der Waals surface area contributed by atoms with Crippen molar-refractivity contribution in [2.75, 3.05) is 20.3 Å². The molecule has 2 aromatic rings. The highest BCUT2D eigenvalue weighted by Gasteiger charge is 2.06. The molecule has 1 N–H and O–H groups in total. The molecule has 0 spiro atoms. The molecule has 4 heteroatoms. The van der Waals surface area contributed by atoms with E-state index in [1.54, 1.807) is 18.9 Å². The first-order valence-electron chi connectivity index (χ1n) is 6.91. The van der Waals surface area contributed by atoms with Crippen molar-refractivity contribution < 1.29 is 4.74 Å². The zero-order valence-corrected chi connectivity index (χ0v) is 13.9. The summed E-state index contributed by atoms with van der Waals surface area (Å²) >= 11 is 7.89. The van der Waals surface area contributed by atoms with Gasteiger partial charge >= 0.3 is 0 Å². The molecule has 112 valence electrons. The Hall–Kier alpha value is -1.00. The SMILES string of the molecule is COCCNCc1cc(Cl)ccc1Sc1cccc(C)c1. The van der Waals surface area contributed by atoms with Crippen molar-refractivity contribution in [3.8, 4) is 0 Å². The van der Waals surface area contributed by atoms with E-state index in [0.717, 1.165) is 18.1 Å². The summed E-state index contributed by atoms with van der Waals surface area (Å²) in [5.41, 5.74) is 2.49. The number of halogens is 1. The van der Waals surface area contributed by atoms with Crippen LogP contribution in [0.3, 0.4) is 0 Å². The minimum absolute atomic E-state index is 0.709. The average Bonchev–Trinajstić information content (AvgIpc) is 2.46. The average molecular weight is 322 g/mol. The molecular formula is C17H20ClNOS. The largest absolute Gasteiger partial charge is 0.383 e. The van der Waals surface area contributed by atoms with Gasteiger partial charge in [-0.05, 0) is 42.8 Å². The summed E-state index contributed by atoms with van der Waals surface area (Å²) in [7, 11) is 1.71. The zero-order valence-electron chi connectivity index (χ0n) is 12.4. The predicted octanol–water partition coefficient (Wildman–Crippen LogP) is 4.54. The Labute approximate surface area is 135 Å². The van der Waals surface area contributed by atoms with E-state index >= 15 is 0 Å². The summed E-state index contributed by atoms with van der Waals surface area (Å²) in [4.78, 5) is 2.48. The number of aryl methyl sites for hydroxylation is 1. The van der Waals surface area contributed by atoms with Crippen molar-refractivity contribution in [2.45, 2.75) is 23.3 Å². The molecule has 2 rings (SSSR count). The molecule has 0 aliphatic rings. The first-order chi connectivity index (χ1) is 10.2. The lowest BCUT2D eigenvalue weighted by Crippen LogP contribution is -2.18. The van der Waals surface area contributed by atoms with Gasteiger partial charge in [0.2, 0.25) is 0 Å². The van der Waals surface area contributed by atoms with E-state index in [0.29, 0.717) is 6.61 Å². The van der Waals surface area contributed by atoms with E-state index in [1.165, 1.54) is 20.9 Å². The fourth-order valence-electron chi connectivity index (χ4n) is 1.99. The maximum Gasteiger partial charge on any atom is 0.0587 e. The number of hydrogen-bond acceptors (Lipinski definition) is 3. The van der Waals surface area contributed by atoms with Gasteiger partial charge in [-0.25, -0.2) is 0 Å². The summed E-state index contributed by atoms with van der Waals surface area (Å²) in [5.74, 6) is 0. The monoisotopic (exact) mass is 321 g/mol. The molecule has 0 radical (unpaired) electrons. The van der Waals surface area contributed by atoms with Crippen LogP contribution in [0.2, 0.25) is 5.02 Å². The lowest BCUT2D eigenvalue weighted by Gasteiger charge is -2.11. The molecule has 0 bridgehead atoms. The summed E-state index contributed by atoms with van der Waals surface area (Å²) in [5, 5.41) is 4.14. The smallest absolute Gasteiger partial charge is 0.0587 e. The topological polar surface area (TPSA) is 21.3 Å². The number of methoxy groups -OCH3 is 1. The van der Waals surface area contributed by atoms with E-state index in [9.17, 15) is 0 Å². The van der Waals surface area contributed by atoms with E-state index in [1.807, 2.05) is 12.1 Å². The fraction of sp³-hybridized carbons (Fsp3) is 0.294. The van der Waals surface area contributed by atoms with Crippen LogP contribution in [-0.4, -0.2) is 20.3 Å². The summed E-state index contributed by atoms with van der Waals surface area (Å²) in [6, 6.07) is 14.6. The van der Waals surface area contributed by atoms with Gasteiger partial charge < -0.3 is 10.1 Å². The zero-order chi connectivity index (χ0) is 15.1. The molecule has 0 aliphatic heterocycles. The molecule has 0 aliphatic carbocycles. The van der Waals surface area contributed by atoms with Crippen LogP contribution in [0.25, 0.3) is 0 Å². The number of ether oxygens (including phenoxy) is 1. The number of hydrogen-bond donors (Lipinski definition) is 1. The highest BCUT2D eigenvalue weighted by Crippen LogP contribution is 2.32. The predicted molar refractivity (Wildman–Crippen MR) is 90.3 cm³/mol. The van der Waals surface area contributed by atoms with Crippen LogP contribution in [-0.2, 0) is 11.3 Å². The summed E-state index contributed by atoms with van der Waals surface area (Å²) in [6.07, 6.45) is 0. The Morgan fingerprint density at radius 1 is 1.19 bits per heavy atom. The van der Waals surface area contributed by atoms with E-state index in [4.69, 9.17) is 16.3 Å². The highest BCUT2D eigenvalue weighted by atomic mass is 35.5. The van der Waals surface area contributed by atoms with Gasteiger partial charge in [0.1, 0.15) is 0 Å². The molecule has 0 amide bonds. The standard InChI is InChI=1S/C17H20ClNOS/c1-13-4-3-5-16(10-13)21-17-7-6-15(18)11-14(17)12-19-8-9-20-2/h3-7,10-11,19H,8-9,12H2,1-2H3. The van der Waals surface area contributed by atoms with Crippen LogP contribution in [0, 0.1) is 6.92 Å². The van der Waals surface area contributed by atoms with Crippen LogP contribution in [0.5, 0.6) is 0 Å². The van der Waals surface area contributed by atoms with Gasteiger partial charge in [-0.2, -0.15) is 0 Å². The number of benzene rings is 2. The van der Waals surface area contributed by atoms with Crippen LogP contribution in [0.4, 0.5) is 0 Å².